The molecule has 0 heterocycles. The summed E-state index contributed by atoms with van der Waals surface area (Å²) in [5.74, 6) is -0.941. The number of ether oxygens (including phenoxy) is 1. The van der Waals surface area contributed by atoms with E-state index in [1.807, 2.05) is 12.1 Å². The van der Waals surface area contributed by atoms with Crippen LogP contribution in [0.1, 0.15) is 27.0 Å². The average Bonchev–Trinajstić information content (AvgIpc) is 2.79. The van der Waals surface area contributed by atoms with E-state index in [0.29, 0.717) is 12.1 Å². The van der Waals surface area contributed by atoms with Crippen molar-refractivity contribution in [2.24, 2.45) is 0 Å². The van der Waals surface area contributed by atoms with Crippen molar-refractivity contribution in [3.8, 4) is 5.75 Å². The van der Waals surface area contributed by atoms with Gasteiger partial charge in [-0.25, -0.2) is 8.78 Å². The van der Waals surface area contributed by atoms with Crippen LogP contribution < -0.4 is 15.4 Å². The van der Waals surface area contributed by atoms with Gasteiger partial charge in [-0.15, -0.1) is 0 Å². The summed E-state index contributed by atoms with van der Waals surface area (Å²) in [6, 6.07) is 17.0. The van der Waals surface area contributed by atoms with Gasteiger partial charge in [0.15, 0.2) is 0 Å². The van der Waals surface area contributed by atoms with E-state index < -0.39 is 17.5 Å². The van der Waals surface area contributed by atoms with Crippen LogP contribution in [0.25, 0.3) is 0 Å². The number of carbonyl (C=O) groups is 2. The molecule has 3 rings (SSSR count). The van der Waals surface area contributed by atoms with E-state index in [1.54, 1.807) is 43.5 Å². The van der Waals surface area contributed by atoms with Gasteiger partial charge < -0.3 is 15.4 Å². The fraction of sp³-hybridized carbons (Fsp3) is 0.167. The summed E-state index contributed by atoms with van der Waals surface area (Å²) in [6.45, 7) is 0.205. The van der Waals surface area contributed by atoms with Crippen LogP contribution in [-0.4, -0.2) is 18.9 Å². The van der Waals surface area contributed by atoms with Crippen molar-refractivity contribution in [1.29, 1.82) is 0 Å². The van der Waals surface area contributed by atoms with Gasteiger partial charge in [-0.2, -0.15) is 0 Å². The lowest BCUT2D eigenvalue weighted by atomic mass is 10.1. The molecule has 0 aliphatic heterocycles. The molecule has 0 fully saturated rings. The second-order valence-corrected chi connectivity index (χ2v) is 6.92. The number of methoxy groups -OCH3 is 1. The van der Waals surface area contributed by atoms with Crippen molar-refractivity contribution >= 4 is 11.8 Å². The lowest BCUT2D eigenvalue weighted by Crippen LogP contribution is -2.25. The monoisotopic (exact) mass is 424 g/mol. The average molecular weight is 424 g/mol. The fourth-order valence-electron chi connectivity index (χ4n) is 2.92. The molecular formula is C24H22F2N2O3. The summed E-state index contributed by atoms with van der Waals surface area (Å²) in [7, 11) is 1.58. The Kier molecular flexibility index (Phi) is 7.32. The third-order valence-corrected chi connectivity index (χ3v) is 4.68. The molecule has 2 N–H and O–H groups in total. The Morgan fingerprint density at radius 2 is 1.52 bits per heavy atom. The van der Waals surface area contributed by atoms with E-state index in [4.69, 9.17) is 4.74 Å². The molecule has 0 unspecified atom stereocenters. The number of halogens is 2. The number of hydrogen-bond acceptors (Lipinski definition) is 3. The van der Waals surface area contributed by atoms with Gasteiger partial charge in [0.2, 0.25) is 5.91 Å². The smallest absolute Gasteiger partial charge is 0.251 e. The maximum absolute atomic E-state index is 13.6. The fourth-order valence-corrected chi connectivity index (χ4v) is 2.92. The molecule has 0 aliphatic carbocycles. The minimum atomic E-state index is -0.581. The molecule has 0 aromatic heterocycles. The predicted molar refractivity (Wildman–Crippen MR) is 113 cm³/mol. The summed E-state index contributed by atoms with van der Waals surface area (Å²) in [6.07, 6.45) is 0.251. The van der Waals surface area contributed by atoms with Crippen LogP contribution in [0.4, 0.5) is 8.78 Å². The van der Waals surface area contributed by atoms with E-state index >= 15 is 0 Å². The number of benzene rings is 3. The molecule has 0 radical (unpaired) electrons. The molecule has 3 aromatic carbocycles. The quantitative estimate of drug-likeness (QED) is 0.579. The number of nitrogens with one attached hydrogen (secondary N) is 2. The number of hydrogen-bond donors (Lipinski definition) is 2. The first-order valence-electron chi connectivity index (χ1n) is 9.65. The maximum atomic E-state index is 13.6. The summed E-state index contributed by atoms with van der Waals surface area (Å²) in [5.41, 5.74) is 2.16. The maximum Gasteiger partial charge on any atom is 0.251 e. The van der Waals surface area contributed by atoms with E-state index in [-0.39, 0.29) is 24.4 Å². The molecule has 5 nitrogen and oxygen atoms in total. The normalized spacial score (nSPS) is 10.4. The first-order valence-corrected chi connectivity index (χ1v) is 9.65. The predicted octanol–water partition coefficient (Wildman–Crippen LogP) is 3.76. The molecular weight excluding hydrogens is 402 g/mol. The Morgan fingerprint density at radius 1 is 0.839 bits per heavy atom. The van der Waals surface area contributed by atoms with Crippen molar-refractivity contribution in [3.05, 3.63) is 101 Å². The zero-order valence-corrected chi connectivity index (χ0v) is 17.0. The highest BCUT2D eigenvalue weighted by molar-refractivity contribution is 5.94. The highest BCUT2D eigenvalue weighted by Crippen LogP contribution is 2.12. The van der Waals surface area contributed by atoms with Gasteiger partial charge in [-0.1, -0.05) is 24.3 Å². The summed E-state index contributed by atoms with van der Waals surface area (Å²) >= 11 is 0. The van der Waals surface area contributed by atoms with Gasteiger partial charge in [-0.3, -0.25) is 9.59 Å². The number of carbonyl (C=O) groups excluding carboxylic acids is 2. The second kappa shape index (κ2) is 10.3. The molecule has 0 saturated carbocycles. The second-order valence-electron chi connectivity index (χ2n) is 6.92. The van der Waals surface area contributed by atoms with E-state index in [9.17, 15) is 18.4 Å². The number of amides is 2. The molecule has 0 saturated heterocycles. The number of rotatable bonds is 8. The molecule has 31 heavy (non-hydrogen) atoms. The molecule has 0 spiro atoms. The Balaban J connectivity index is 1.48. The molecule has 0 bridgehead atoms. The Hall–Kier alpha value is -3.74. The van der Waals surface area contributed by atoms with Crippen LogP contribution in [0, 0.1) is 11.6 Å². The lowest BCUT2D eigenvalue weighted by molar-refractivity contribution is -0.120. The third-order valence-electron chi connectivity index (χ3n) is 4.68. The standard InChI is InChI=1S/C24H22F2N2O3/c1-31-21-9-4-16(5-10-21)12-23(29)27-14-17-2-6-18(7-3-17)24(30)28-15-19-13-20(25)8-11-22(19)26/h2-11,13H,12,14-15H2,1H3,(H,27,29)(H,28,30). The Bertz CT molecular complexity index is 1050. The lowest BCUT2D eigenvalue weighted by Gasteiger charge is -2.09. The van der Waals surface area contributed by atoms with Crippen LogP contribution in [-0.2, 0) is 24.3 Å². The minimum Gasteiger partial charge on any atom is -0.497 e. The van der Waals surface area contributed by atoms with Gasteiger partial charge in [0.1, 0.15) is 17.4 Å². The first kappa shape index (κ1) is 22.0. The topological polar surface area (TPSA) is 67.4 Å². The Morgan fingerprint density at radius 3 is 2.19 bits per heavy atom. The van der Waals surface area contributed by atoms with Crippen LogP contribution >= 0.6 is 0 Å². The SMILES string of the molecule is COc1ccc(CC(=O)NCc2ccc(C(=O)NCc3cc(F)ccc3F)cc2)cc1. The van der Waals surface area contributed by atoms with E-state index in [0.717, 1.165) is 35.1 Å². The first-order chi connectivity index (χ1) is 14.9. The highest BCUT2D eigenvalue weighted by atomic mass is 19.1. The minimum absolute atomic E-state index is 0.0737. The van der Waals surface area contributed by atoms with Crippen LogP contribution in [0.5, 0.6) is 5.75 Å². The highest BCUT2D eigenvalue weighted by Gasteiger charge is 2.09. The van der Waals surface area contributed by atoms with Gasteiger partial charge in [-0.05, 0) is 53.6 Å². The molecule has 2 amide bonds. The summed E-state index contributed by atoms with van der Waals surface area (Å²) in [5, 5.41) is 5.40. The van der Waals surface area contributed by atoms with Crippen molar-refractivity contribution in [3.63, 3.8) is 0 Å². The van der Waals surface area contributed by atoms with E-state index in [2.05, 4.69) is 10.6 Å². The van der Waals surface area contributed by atoms with E-state index in [1.165, 1.54) is 0 Å². The van der Waals surface area contributed by atoms with Crippen LogP contribution in [0.15, 0.2) is 66.7 Å². The largest absolute Gasteiger partial charge is 0.497 e. The van der Waals surface area contributed by atoms with Crippen molar-refractivity contribution in [2.45, 2.75) is 19.5 Å². The van der Waals surface area contributed by atoms with Crippen LogP contribution in [0.2, 0.25) is 0 Å². The molecule has 160 valence electrons. The molecule has 0 atom stereocenters. The third kappa shape index (κ3) is 6.37. The summed E-state index contributed by atoms with van der Waals surface area (Å²) < 4.78 is 31.9. The van der Waals surface area contributed by atoms with Gasteiger partial charge in [0.05, 0.1) is 13.5 Å². The van der Waals surface area contributed by atoms with Crippen molar-refractivity contribution in [1.82, 2.24) is 10.6 Å². The van der Waals surface area contributed by atoms with Gasteiger partial charge in [0.25, 0.3) is 5.91 Å². The summed E-state index contributed by atoms with van der Waals surface area (Å²) in [4.78, 5) is 24.4. The van der Waals surface area contributed by atoms with Gasteiger partial charge >= 0.3 is 0 Å². The zero-order chi connectivity index (χ0) is 22.2. The molecule has 3 aromatic rings. The zero-order valence-electron chi connectivity index (χ0n) is 17.0. The van der Waals surface area contributed by atoms with Crippen molar-refractivity contribution < 1.29 is 23.1 Å². The molecule has 7 heteroatoms. The Labute approximate surface area is 179 Å². The van der Waals surface area contributed by atoms with Crippen LogP contribution in [0.3, 0.4) is 0 Å². The van der Waals surface area contributed by atoms with Crippen molar-refractivity contribution in [2.75, 3.05) is 7.11 Å². The van der Waals surface area contributed by atoms with Gasteiger partial charge in [0, 0.05) is 24.2 Å². The molecule has 0 aliphatic rings.